The molecule has 0 aliphatic heterocycles. The zero-order chi connectivity index (χ0) is 9.84. The molecule has 5 nitrogen and oxygen atoms in total. The quantitative estimate of drug-likeness (QED) is 0.317. The molecule has 0 amide bonds. The zero-order valence-corrected chi connectivity index (χ0v) is 6.99. The van der Waals surface area contributed by atoms with Crippen LogP contribution in [0, 0.1) is 10.1 Å². The molecule has 0 aliphatic rings. The molecule has 0 aliphatic carbocycles. The summed E-state index contributed by atoms with van der Waals surface area (Å²) in [5.74, 6) is 0. The minimum atomic E-state index is -0.665. The van der Waals surface area contributed by atoms with E-state index in [1.54, 1.807) is 0 Å². The van der Waals surface area contributed by atoms with E-state index in [0.29, 0.717) is 0 Å². The molecule has 66 valence electrons. The first-order valence-corrected chi connectivity index (χ1v) is 3.55. The molecular formula is C7H3ClN2O3. The van der Waals surface area contributed by atoms with Crippen LogP contribution in [0.2, 0.25) is 5.02 Å². The SMILES string of the molecule is O=C=Nc1c(Cl)cccc1[N+](=O)[O-]. The number of halogens is 1. The first-order valence-electron chi connectivity index (χ1n) is 3.17. The molecule has 0 fully saturated rings. The van der Waals surface area contributed by atoms with Crippen LogP contribution in [0.5, 0.6) is 0 Å². The lowest BCUT2D eigenvalue weighted by Gasteiger charge is -1.96. The van der Waals surface area contributed by atoms with Crippen LogP contribution in [-0.4, -0.2) is 11.0 Å². The van der Waals surface area contributed by atoms with E-state index in [1.807, 2.05) is 0 Å². The molecule has 1 aromatic carbocycles. The van der Waals surface area contributed by atoms with Gasteiger partial charge in [-0.3, -0.25) is 10.1 Å². The summed E-state index contributed by atoms with van der Waals surface area (Å²) in [7, 11) is 0. The second kappa shape index (κ2) is 3.80. The normalized spacial score (nSPS) is 9.00. The van der Waals surface area contributed by atoms with Crippen LogP contribution in [0.1, 0.15) is 0 Å². The van der Waals surface area contributed by atoms with Crippen molar-refractivity contribution in [1.82, 2.24) is 0 Å². The number of isocyanates is 1. The molecule has 0 spiro atoms. The largest absolute Gasteiger partial charge is 0.297 e. The van der Waals surface area contributed by atoms with E-state index in [1.165, 1.54) is 24.3 Å². The van der Waals surface area contributed by atoms with Gasteiger partial charge in [-0.15, -0.1) is 0 Å². The Labute approximate surface area is 77.8 Å². The predicted octanol–water partition coefficient (Wildman–Crippen LogP) is 2.22. The van der Waals surface area contributed by atoms with Crippen molar-refractivity contribution in [1.29, 1.82) is 0 Å². The van der Waals surface area contributed by atoms with Crippen LogP contribution in [0.4, 0.5) is 11.4 Å². The van der Waals surface area contributed by atoms with Crippen molar-refractivity contribution in [2.45, 2.75) is 0 Å². The van der Waals surface area contributed by atoms with Gasteiger partial charge in [0.05, 0.1) is 9.95 Å². The van der Waals surface area contributed by atoms with Crippen molar-refractivity contribution >= 4 is 29.1 Å². The molecule has 0 saturated carbocycles. The number of nitro benzene ring substituents is 1. The fourth-order valence-electron chi connectivity index (χ4n) is 0.808. The standard InChI is InChI=1S/C7H3ClN2O3/c8-5-2-1-3-6(10(12)13)7(5)9-4-11/h1-3H. The van der Waals surface area contributed by atoms with Gasteiger partial charge in [0.1, 0.15) is 0 Å². The number of nitrogens with zero attached hydrogens (tertiary/aromatic N) is 2. The Morgan fingerprint density at radius 2 is 2.23 bits per heavy atom. The highest BCUT2D eigenvalue weighted by atomic mass is 35.5. The van der Waals surface area contributed by atoms with Gasteiger partial charge in [0, 0.05) is 6.07 Å². The van der Waals surface area contributed by atoms with E-state index in [4.69, 9.17) is 11.6 Å². The molecule has 0 unspecified atom stereocenters. The first-order chi connectivity index (χ1) is 6.16. The number of hydrogen-bond donors (Lipinski definition) is 0. The molecule has 0 atom stereocenters. The highest BCUT2D eigenvalue weighted by molar-refractivity contribution is 6.33. The monoisotopic (exact) mass is 198 g/mol. The topological polar surface area (TPSA) is 72.6 Å². The van der Waals surface area contributed by atoms with E-state index in [2.05, 4.69) is 4.99 Å². The van der Waals surface area contributed by atoms with Crippen molar-refractivity contribution in [3.8, 4) is 0 Å². The maximum Gasteiger partial charge on any atom is 0.297 e. The number of hydrogen-bond acceptors (Lipinski definition) is 4. The summed E-state index contributed by atoms with van der Waals surface area (Å²) >= 11 is 5.58. The molecule has 6 heteroatoms. The minimum absolute atomic E-state index is 0.0533. The second-order valence-corrected chi connectivity index (χ2v) is 2.47. The molecule has 13 heavy (non-hydrogen) atoms. The van der Waals surface area contributed by atoms with Crippen molar-refractivity contribution < 1.29 is 9.72 Å². The maximum absolute atomic E-state index is 10.4. The number of aliphatic imine (C=N–C) groups is 1. The first kappa shape index (κ1) is 9.38. The lowest BCUT2D eigenvalue weighted by molar-refractivity contribution is -0.384. The van der Waals surface area contributed by atoms with Gasteiger partial charge in [-0.1, -0.05) is 17.7 Å². The van der Waals surface area contributed by atoms with Crippen LogP contribution >= 0.6 is 11.6 Å². The Balaban J connectivity index is 3.42. The van der Waals surface area contributed by atoms with E-state index >= 15 is 0 Å². The van der Waals surface area contributed by atoms with Crippen LogP contribution in [0.25, 0.3) is 0 Å². The van der Waals surface area contributed by atoms with Crippen LogP contribution in [0.3, 0.4) is 0 Å². The lowest BCUT2D eigenvalue weighted by Crippen LogP contribution is -1.88. The summed E-state index contributed by atoms with van der Waals surface area (Å²) in [6.45, 7) is 0. The summed E-state index contributed by atoms with van der Waals surface area (Å²) in [4.78, 5) is 22.8. The average molecular weight is 199 g/mol. The molecule has 1 aromatic rings. The Morgan fingerprint density at radius 1 is 1.54 bits per heavy atom. The molecule has 1 rings (SSSR count). The van der Waals surface area contributed by atoms with E-state index in [9.17, 15) is 14.9 Å². The average Bonchev–Trinajstić information content (AvgIpc) is 2.08. The van der Waals surface area contributed by atoms with Gasteiger partial charge < -0.3 is 0 Å². The Kier molecular flexibility index (Phi) is 2.74. The van der Waals surface area contributed by atoms with Gasteiger partial charge in [-0.05, 0) is 6.07 Å². The second-order valence-electron chi connectivity index (χ2n) is 2.07. The Bertz CT molecular complexity index is 399. The van der Waals surface area contributed by atoms with Crippen molar-refractivity contribution in [2.75, 3.05) is 0 Å². The Morgan fingerprint density at radius 3 is 2.77 bits per heavy atom. The molecule has 0 saturated heterocycles. The predicted molar refractivity (Wildman–Crippen MR) is 45.9 cm³/mol. The van der Waals surface area contributed by atoms with Crippen molar-refractivity contribution in [2.24, 2.45) is 4.99 Å². The number of para-hydroxylation sites is 1. The summed E-state index contributed by atoms with van der Waals surface area (Å²) in [5, 5.41) is 10.5. The highest BCUT2D eigenvalue weighted by Gasteiger charge is 2.15. The zero-order valence-electron chi connectivity index (χ0n) is 6.23. The maximum atomic E-state index is 10.4. The number of nitro groups is 1. The number of rotatable bonds is 2. The third-order valence-electron chi connectivity index (χ3n) is 1.32. The fourth-order valence-corrected chi connectivity index (χ4v) is 1.02. The van der Waals surface area contributed by atoms with Crippen molar-refractivity contribution in [3.63, 3.8) is 0 Å². The van der Waals surface area contributed by atoms with Crippen LogP contribution in [-0.2, 0) is 4.79 Å². The van der Waals surface area contributed by atoms with Gasteiger partial charge in [0.25, 0.3) is 5.69 Å². The van der Waals surface area contributed by atoms with E-state index in [0.717, 1.165) is 0 Å². The van der Waals surface area contributed by atoms with E-state index < -0.39 is 4.92 Å². The third kappa shape index (κ3) is 1.90. The molecule has 0 N–H and O–H groups in total. The Hall–Kier alpha value is -1.71. The summed E-state index contributed by atoms with van der Waals surface area (Å²) in [6, 6.07) is 4.02. The van der Waals surface area contributed by atoms with Gasteiger partial charge in [-0.25, -0.2) is 4.79 Å². The number of carbonyl (C=O) groups excluding carboxylic acids is 1. The molecule has 0 heterocycles. The summed E-state index contributed by atoms with van der Waals surface area (Å²) in [5.41, 5.74) is -0.472. The van der Waals surface area contributed by atoms with E-state index in [-0.39, 0.29) is 16.4 Å². The van der Waals surface area contributed by atoms with Gasteiger partial charge in [0.15, 0.2) is 5.69 Å². The van der Waals surface area contributed by atoms with Gasteiger partial charge >= 0.3 is 0 Å². The van der Waals surface area contributed by atoms with Crippen LogP contribution < -0.4 is 0 Å². The van der Waals surface area contributed by atoms with Gasteiger partial charge in [0.2, 0.25) is 6.08 Å². The number of benzene rings is 1. The molecular weight excluding hydrogens is 196 g/mol. The molecule has 0 aromatic heterocycles. The van der Waals surface area contributed by atoms with Crippen LogP contribution in [0.15, 0.2) is 23.2 Å². The highest BCUT2D eigenvalue weighted by Crippen LogP contribution is 2.33. The van der Waals surface area contributed by atoms with Gasteiger partial charge in [-0.2, -0.15) is 4.99 Å². The molecule has 0 radical (unpaired) electrons. The summed E-state index contributed by atoms with van der Waals surface area (Å²) in [6.07, 6.45) is 1.21. The molecule has 0 bridgehead atoms. The fraction of sp³-hybridized carbons (Fsp3) is 0. The lowest BCUT2D eigenvalue weighted by atomic mass is 10.3. The minimum Gasteiger partial charge on any atom is -0.258 e. The third-order valence-corrected chi connectivity index (χ3v) is 1.62. The summed E-state index contributed by atoms with van der Waals surface area (Å²) < 4.78 is 0. The van der Waals surface area contributed by atoms with Crippen molar-refractivity contribution in [3.05, 3.63) is 33.3 Å². The smallest absolute Gasteiger partial charge is 0.258 e.